The molecule has 3 nitrogen and oxygen atoms in total. The van der Waals surface area contributed by atoms with Crippen molar-refractivity contribution in [3.8, 4) is 0 Å². The van der Waals surface area contributed by atoms with E-state index >= 15 is 0 Å². The normalized spacial score (nSPS) is 9.93. The third kappa shape index (κ3) is 2.78. The second-order valence-electron chi connectivity index (χ2n) is 2.49. The summed E-state index contributed by atoms with van der Waals surface area (Å²) in [5.74, 6) is -0.937. The SMILES string of the molecule is CCONC(=O)c1cc(F)ccc1Br. The number of carbonyl (C=O) groups excluding carboxylic acids is 1. The van der Waals surface area contributed by atoms with Gasteiger partial charge in [0.05, 0.1) is 12.2 Å². The summed E-state index contributed by atoms with van der Waals surface area (Å²) in [6, 6.07) is 3.87. The fourth-order valence-electron chi connectivity index (χ4n) is 0.864. The van der Waals surface area contributed by atoms with Crippen LogP contribution in [0.4, 0.5) is 4.39 Å². The maximum Gasteiger partial charge on any atom is 0.276 e. The molecule has 14 heavy (non-hydrogen) atoms. The van der Waals surface area contributed by atoms with E-state index in [0.29, 0.717) is 11.1 Å². The average Bonchev–Trinajstić information content (AvgIpc) is 2.18. The molecule has 0 unspecified atom stereocenters. The molecular weight excluding hydrogens is 253 g/mol. The van der Waals surface area contributed by atoms with E-state index in [1.165, 1.54) is 12.1 Å². The third-order valence-electron chi connectivity index (χ3n) is 1.48. The molecule has 1 rings (SSSR count). The van der Waals surface area contributed by atoms with Crippen molar-refractivity contribution in [2.45, 2.75) is 6.92 Å². The Morgan fingerprint density at radius 1 is 1.64 bits per heavy atom. The first-order valence-electron chi connectivity index (χ1n) is 4.02. The lowest BCUT2D eigenvalue weighted by atomic mass is 10.2. The molecule has 1 aromatic carbocycles. The van der Waals surface area contributed by atoms with Gasteiger partial charge >= 0.3 is 0 Å². The molecule has 1 amide bonds. The standard InChI is InChI=1S/C9H9BrFNO2/c1-2-14-12-9(13)7-5-6(11)3-4-8(7)10/h3-5H,2H2,1H3,(H,12,13). The highest BCUT2D eigenvalue weighted by Crippen LogP contribution is 2.17. The molecule has 0 saturated heterocycles. The lowest BCUT2D eigenvalue weighted by Gasteiger charge is -2.05. The second-order valence-corrected chi connectivity index (χ2v) is 3.34. The number of carbonyl (C=O) groups is 1. The van der Waals surface area contributed by atoms with Crippen LogP contribution >= 0.6 is 15.9 Å². The van der Waals surface area contributed by atoms with Gasteiger partial charge in [0.2, 0.25) is 0 Å². The molecule has 0 fully saturated rings. The van der Waals surface area contributed by atoms with Gasteiger partial charge < -0.3 is 0 Å². The predicted octanol–water partition coefficient (Wildman–Crippen LogP) is 2.27. The number of hydrogen-bond donors (Lipinski definition) is 1. The molecule has 0 spiro atoms. The molecule has 0 bridgehead atoms. The molecule has 0 atom stereocenters. The minimum Gasteiger partial charge on any atom is -0.274 e. The molecule has 0 aliphatic heterocycles. The van der Waals surface area contributed by atoms with Crippen LogP contribution < -0.4 is 5.48 Å². The van der Waals surface area contributed by atoms with Crippen LogP contribution in [0.25, 0.3) is 0 Å². The summed E-state index contributed by atoms with van der Waals surface area (Å²) in [6.45, 7) is 2.10. The van der Waals surface area contributed by atoms with Gasteiger partial charge in [0.15, 0.2) is 0 Å². The summed E-state index contributed by atoms with van der Waals surface area (Å²) in [4.78, 5) is 16.0. The summed E-state index contributed by atoms with van der Waals surface area (Å²) in [5, 5.41) is 0. The summed E-state index contributed by atoms with van der Waals surface area (Å²) in [6.07, 6.45) is 0. The molecule has 0 radical (unpaired) electrons. The number of amides is 1. The topological polar surface area (TPSA) is 38.3 Å². The van der Waals surface area contributed by atoms with Crippen molar-refractivity contribution in [3.63, 3.8) is 0 Å². The first kappa shape index (κ1) is 11.1. The van der Waals surface area contributed by atoms with Crippen molar-refractivity contribution in [1.29, 1.82) is 0 Å². The average molecular weight is 262 g/mol. The highest BCUT2D eigenvalue weighted by molar-refractivity contribution is 9.10. The smallest absolute Gasteiger partial charge is 0.274 e. The third-order valence-corrected chi connectivity index (χ3v) is 2.17. The van der Waals surface area contributed by atoms with Crippen LogP contribution in [0.15, 0.2) is 22.7 Å². The molecule has 0 aliphatic rings. The first-order chi connectivity index (χ1) is 6.65. The fourth-order valence-corrected chi connectivity index (χ4v) is 1.29. The van der Waals surface area contributed by atoms with Gasteiger partial charge in [0, 0.05) is 4.47 Å². The van der Waals surface area contributed by atoms with E-state index < -0.39 is 11.7 Å². The Labute approximate surface area is 89.3 Å². The lowest BCUT2D eigenvalue weighted by Crippen LogP contribution is -2.24. The van der Waals surface area contributed by atoms with Gasteiger partial charge in [-0.2, -0.15) is 0 Å². The number of hydrogen-bond acceptors (Lipinski definition) is 2. The van der Waals surface area contributed by atoms with Gasteiger partial charge in [0.25, 0.3) is 5.91 Å². The monoisotopic (exact) mass is 261 g/mol. The van der Waals surface area contributed by atoms with Crippen molar-refractivity contribution in [1.82, 2.24) is 5.48 Å². The number of benzene rings is 1. The van der Waals surface area contributed by atoms with Gasteiger partial charge in [-0.25, -0.2) is 9.87 Å². The number of hydroxylamine groups is 1. The Balaban J connectivity index is 2.83. The van der Waals surface area contributed by atoms with E-state index in [4.69, 9.17) is 4.84 Å². The van der Waals surface area contributed by atoms with Gasteiger partial charge in [-0.15, -0.1) is 0 Å². The van der Waals surface area contributed by atoms with Crippen LogP contribution in [0.5, 0.6) is 0 Å². The Morgan fingerprint density at radius 3 is 3.00 bits per heavy atom. The summed E-state index contributed by atoms with van der Waals surface area (Å²) in [5.41, 5.74) is 2.39. The number of nitrogens with one attached hydrogen (secondary N) is 1. The Kier molecular flexibility index (Phi) is 4.03. The van der Waals surface area contributed by atoms with Crippen molar-refractivity contribution < 1.29 is 14.0 Å². The molecular formula is C9H9BrFNO2. The highest BCUT2D eigenvalue weighted by atomic mass is 79.9. The van der Waals surface area contributed by atoms with E-state index in [1.54, 1.807) is 6.92 Å². The maximum atomic E-state index is 12.8. The van der Waals surface area contributed by atoms with Gasteiger partial charge in [-0.05, 0) is 41.1 Å². The van der Waals surface area contributed by atoms with E-state index in [9.17, 15) is 9.18 Å². The van der Waals surface area contributed by atoms with E-state index in [1.807, 2.05) is 0 Å². The molecule has 0 aromatic heterocycles. The molecule has 0 heterocycles. The zero-order valence-corrected chi connectivity index (χ0v) is 9.10. The van der Waals surface area contributed by atoms with Crippen molar-refractivity contribution in [2.24, 2.45) is 0 Å². The molecule has 1 aromatic rings. The largest absolute Gasteiger partial charge is 0.276 e. The van der Waals surface area contributed by atoms with Gasteiger partial charge in [-0.1, -0.05) is 0 Å². The van der Waals surface area contributed by atoms with Crippen LogP contribution in [0.2, 0.25) is 0 Å². The molecule has 0 saturated carbocycles. The number of rotatable bonds is 3. The molecule has 1 N–H and O–H groups in total. The van der Waals surface area contributed by atoms with Crippen molar-refractivity contribution >= 4 is 21.8 Å². The number of halogens is 2. The summed E-state index contributed by atoms with van der Waals surface area (Å²) < 4.78 is 13.3. The van der Waals surface area contributed by atoms with Crippen molar-refractivity contribution in [3.05, 3.63) is 34.1 Å². The predicted molar refractivity (Wildman–Crippen MR) is 53.2 cm³/mol. The summed E-state index contributed by atoms with van der Waals surface area (Å²) >= 11 is 3.14. The van der Waals surface area contributed by atoms with Crippen LogP contribution in [0.1, 0.15) is 17.3 Å². The Bertz CT molecular complexity index is 344. The minimum absolute atomic E-state index is 0.207. The Hall–Kier alpha value is -0.940. The van der Waals surface area contributed by atoms with Gasteiger partial charge in [0.1, 0.15) is 5.82 Å². The van der Waals surface area contributed by atoms with Crippen LogP contribution in [-0.4, -0.2) is 12.5 Å². The zero-order chi connectivity index (χ0) is 10.6. The Morgan fingerprint density at radius 2 is 2.36 bits per heavy atom. The minimum atomic E-state index is -0.474. The van der Waals surface area contributed by atoms with E-state index in [0.717, 1.165) is 6.07 Å². The lowest BCUT2D eigenvalue weighted by molar-refractivity contribution is 0.0363. The van der Waals surface area contributed by atoms with E-state index in [2.05, 4.69) is 21.4 Å². The summed E-state index contributed by atoms with van der Waals surface area (Å²) in [7, 11) is 0. The van der Waals surface area contributed by atoms with Crippen LogP contribution in [0, 0.1) is 5.82 Å². The van der Waals surface area contributed by atoms with Gasteiger partial charge in [-0.3, -0.25) is 9.63 Å². The molecule has 76 valence electrons. The zero-order valence-electron chi connectivity index (χ0n) is 7.51. The van der Waals surface area contributed by atoms with Crippen LogP contribution in [0.3, 0.4) is 0 Å². The van der Waals surface area contributed by atoms with Crippen LogP contribution in [-0.2, 0) is 4.84 Å². The maximum absolute atomic E-state index is 12.8. The highest BCUT2D eigenvalue weighted by Gasteiger charge is 2.10. The second kappa shape index (κ2) is 5.07. The fraction of sp³-hybridized carbons (Fsp3) is 0.222. The molecule has 0 aliphatic carbocycles. The van der Waals surface area contributed by atoms with E-state index in [-0.39, 0.29) is 5.56 Å². The molecule has 5 heteroatoms. The first-order valence-corrected chi connectivity index (χ1v) is 4.81. The van der Waals surface area contributed by atoms with Crippen molar-refractivity contribution in [2.75, 3.05) is 6.61 Å². The quantitative estimate of drug-likeness (QED) is 0.848.